The fraction of sp³-hybridized carbons (Fsp3) is 0.583. The molecule has 0 aromatic heterocycles. The van der Waals surface area contributed by atoms with E-state index in [0.29, 0.717) is 38.7 Å². The number of fused-ring (bicyclic) bond motifs is 11. The number of primary amides is 1. The molecule has 33 heavy (non-hydrogen) atoms. The molecule has 3 amide bonds. The van der Waals surface area contributed by atoms with Crippen LogP contribution in [0.1, 0.15) is 45.6 Å². The molecule has 1 aromatic carbocycles. The maximum absolute atomic E-state index is 12.0. The second kappa shape index (κ2) is 17.6. The van der Waals surface area contributed by atoms with Gasteiger partial charge < -0.3 is 31.2 Å². The number of benzene rings is 1. The van der Waals surface area contributed by atoms with Crippen LogP contribution >= 0.6 is 0 Å². The van der Waals surface area contributed by atoms with Crippen LogP contribution < -0.4 is 26.4 Å². The minimum atomic E-state index is -0.615. The smallest absolute Gasteiger partial charge is 0.233 e. The van der Waals surface area contributed by atoms with Crippen molar-refractivity contribution in [3.05, 3.63) is 29.8 Å². The van der Waals surface area contributed by atoms with Crippen molar-refractivity contribution in [2.24, 2.45) is 17.6 Å². The van der Waals surface area contributed by atoms with E-state index in [1.165, 1.54) is 0 Å². The van der Waals surface area contributed by atoms with Crippen LogP contribution in [0.5, 0.6) is 5.75 Å². The average molecular weight is 465 g/mol. The Morgan fingerprint density at radius 1 is 1.18 bits per heavy atom. The van der Waals surface area contributed by atoms with Crippen LogP contribution in [-0.2, 0) is 25.6 Å². The molecule has 0 saturated heterocycles. The van der Waals surface area contributed by atoms with Gasteiger partial charge in [-0.25, -0.2) is 0 Å². The molecule has 0 aliphatic carbocycles. The number of amides is 3. The first-order chi connectivity index (χ1) is 15.6. The monoisotopic (exact) mass is 464 g/mol. The van der Waals surface area contributed by atoms with Gasteiger partial charge in [0, 0.05) is 19.4 Å². The molecule has 186 valence electrons. The normalized spacial score (nSPS) is 18.2. The molecule has 1 aromatic rings. The number of nitrogens with two attached hydrogens (primary N) is 1. The maximum Gasteiger partial charge on any atom is 0.233 e. The van der Waals surface area contributed by atoms with Crippen LogP contribution in [0.4, 0.5) is 0 Å². The van der Waals surface area contributed by atoms with E-state index >= 15 is 0 Å². The number of ether oxygens (including phenoxy) is 1. The summed E-state index contributed by atoms with van der Waals surface area (Å²) < 4.78 is 5.59. The van der Waals surface area contributed by atoms with Crippen molar-refractivity contribution < 1.29 is 23.9 Å². The Morgan fingerprint density at radius 3 is 2.24 bits per heavy atom. The third-order valence-corrected chi connectivity index (χ3v) is 4.31. The van der Waals surface area contributed by atoms with Gasteiger partial charge in [0.15, 0.2) is 0 Å². The number of aldehydes is 1. The van der Waals surface area contributed by atoms with Crippen LogP contribution in [0.2, 0.25) is 0 Å². The first-order valence-corrected chi connectivity index (χ1v) is 11.2. The molecular weight excluding hydrogens is 424 g/mol. The number of nitrogens with one attached hydrogen (secondary N) is 3. The van der Waals surface area contributed by atoms with Crippen LogP contribution in [-0.4, -0.2) is 57.3 Å². The number of hydrogen-bond acceptors (Lipinski definition) is 6. The number of carbonyl (C=O) groups is 4. The summed E-state index contributed by atoms with van der Waals surface area (Å²) >= 11 is 0. The third kappa shape index (κ3) is 15.5. The van der Waals surface area contributed by atoms with Crippen LogP contribution in [0, 0.1) is 11.8 Å². The van der Waals surface area contributed by atoms with Crippen molar-refractivity contribution in [2.75, 3.05) is 27.2 Å². The Bertz CT molecular complexity index is 719. The summed E-state index contributed by atoms with van der Waals surface area (Å²) in [5.74, 6) is 0.203. The van der Waals surface area contributed by atoms with E-state index in [0.717, 1.165) is 17.2 Å². The van der Waals surface area contributed by atoms with Gasteiger partial charge in [-0.05, 0) is 49.9 Å². The fourth-order valence-corrected chi connectivity index (χ4v) is 2.71. The Balaban J connectivity index is 0.000000776. The van der Waals surface area contributed by atoms with E-state index in [2.05, 4.69) is 36.7 Å². The number of carbonyl (C=O) groups excluding carboxylic acids is 4. The highest BCUT2D eigenvalue weighted by molar-refractivity contribution is 5.86. The van der Waals surface area contributed by atoms with Gasteiger partial charge in [-0.1, -0.05) is 32.9 Å². The average Bonchev–Trinajstić information content (AvgIpc) is 2.76. The largest absolute Gasteiger partial charge is 0.494 e. The van der Waals surface area contributed by atoms with Crippen molar-refractivity contribution in [1.82, 2.24) is 16.0 Å². The predicted octanol–water partition coefficient (Wildman–Crippen LogP) is 1.19. The van der Waals surface area contributed by atoms with E-state index in [9.17, 15) is 19.2 Å². The van der Waals surface area contributed by atoms with Crippen molar-refractivity contribution in [1.29, 1.82) is 0 Å². The first-order valence-electron chi connectivity index (χ1n) is 11.2. The van der Waals surface area contributed by atoms with E-state index in [4.69, 9.17) is 10.5 Å². The molecule has 3 rings (SSSR count). The molecule has 0 radical (unpaired) electrons. The summed E-state index contributed by atoms with van der Waals surface area (Å²) in [4.78, 5) is 44.8. The quantitative estimate of drug-likeness (QED) is 0.494. The Labute approximate surface area is 197 Å². The summed E-state index contributed by atoms with van der Waals surface area (Å²) in [6.07, 6.45) is 2.20. The zero-order valence-corrected chi connectivity index (χ0v) is 20.5. The molecular formula is C24H40N4O5. The Hall–Kier alpha value is -2.94. The van der Waals surface area contributed by atoms with Gasteiger partial charge in [-0.15, -0.1) is 0 Å². The van der Waals surface area contributed by atoms with Gasteiger partial charge in [0.1, 0.15) is 12.0 Å². The standard InChI is InChI=1S/C16H20N2O4.C4H10N2O.C4H10/c17-16(21)12-2-1-7-22-14-5-3-11(4-6-14)8-13(10-19)18-15(20)9-12;1-5-3-4(7)6-2;1-4(2)3/h3-6,10,12-13H,1-2,7-9H2,(H2,17,21)(H,18,20);5H,3H2,1-2H3,(H,6,7);4H,1-3H3/t12-,13-;;/m0../s1. The molecule has 9 heteroatoms. The minimum absolute atomic E-state index is 0.00272. The second-order valence-electron chi connectivity index (χ2n) is 8.39. The van der Waals surface area contributed by atoms with Gasteiger partial charge in [-0.2, -0.15) is 0 Å². The van der Waals surface area contributed by atoms with Gasteiger partial charge >= 0.3 is 0 Å². The number of hydrogen-bond donors (Lipinski definition) is 4. The highest BCUT2D eigenvalue weighted by Gasteiger charge is 2.21. The fourth-order valence-electron chi connectivity index (χ4n) is 2.71. The number of likely N-dealkylation sites (N-methyl/N-ethyl adjacent to an activating group) is 2. The van der Waals surface area contributed by atoms with Gasteiger partial charge in [0.2, 0.25) is 17.7 Å². The van der Waals surface area contributed by atoms with E-state index in [1.54, 1.807) is 14.1 Å². The molecule has 5 N–H and O–H groups in total. The van der Waals surface area contributed by atoms with Crippen molar-refractivity contribution in [2.45, 2.75) is 52.5 Å². The molecule has 0 spiro atoms. The van der Waals surface area contributed by atoms with E-state index in [-0.39, 0.29) is 18.2 Å². The summed E-state index contributed by atoms with van der Waals surface area (Å²) in [5, 5.41) is 7.82. The number of rotatable bonds is 4. The summed E-state index contributed by atoms with van der Waals surface area (Å²) in [5.41, 5.74) is 6.26. The van der Waals surface area contributed by atoms with Gasteiger partial charge in [-0.3, -0.25) is 14.4 Å². The summed E-state index contributed by atoms with van der Waals surface area (Å²) in [6, 6.07) is 6.79. The topological polar surface area (TPSA) is 140 Å². The lowest BCUT2D eigenvalue weighted by Crippen LogP contribution is -2.40. The van der Waals surface area contributed by atoms with Crippen LogP contribution in [0.3, 0.4) is 0 Å². The zero-order valence-electron chi connectivity index (χ0n) is 20.5. The molecule has 0 unspecified atom stereocenters. The molecule has 2 bridgehead atoms. The zero-order chi connectivity index (χ0) is 25.2. The molecule has 9 nitrogen and oxygen atoms in total. The second-order valence-corrected chi connectivity index (χ2v) is 8.39. The first kappa shape index (κ1) is 30.1. The lowest BCUT2D eigenvalue weighted by molar-refractivity contribution is -0.129. The lowest BCUT2D eigenvalue weighted by Gasteiger charge is -2.18. The van der Waals surface area contributed by atoms with Crippen molar-refractivity contribution in [3.63, 3.8) is 0 Å². The molecule has 2 atom stereocenters. The van der Waals surface area contributed by atoms with E-state index < -0.39 is 17.9 Å². The maximum atomic E-state index is 12.0. The highest BCUT2D eigenvalue weighted by atomic mass is 16.5. The SMILES string of the molecule is CC(C)C.CNCC(=O)NC.NC(=O)[C@H]1CCCOc2ccc(cc2)C[C@@H](C=O)NC(=O)C1. The summed E-state index contributed by atoms with van der Waals surface area (Å²) in [6.45, 7) is 7.36. The highest BCUT2D eigenvalue weighted by Crippen LogP contribution is 2.17. The minimum Gasteiger partial charge on any atom is -0.494 e. The molecule has 0 fully saturated rings. The predicted molar refractivity (Wildman–Crippen MR) is 129 cm³/mol. The lowest BCUT2D eigenvalue weighted by atomic mass is 9.97. The Morgan fingerprint density at radius 2 is 1.79 bits per heavy atom. The molecule has 2 aliphatic rings. The van der Waals surface area contributed by atoms with Gasteiger partial charge in [0.05, 0.1) is 19.2 Å². The van der Waals surface area contributed by atoms with Crippen molar-refractivity contribution >= 4 is 24.0 Å². The third-order valence-electron chi connectivity index (χ3n) is 4.31. The van der Waals surface area contributed by atoms with Crippen molar-refractivity contribution in [3.8, 4) is 5.75 Å². The van der Waals surface area contributed by atoms with Gasteiger partial charge in [0.25, 0.3) is 0 Å². The van der Waals surface area contributed by atoms with Crippen LogP contribution in [0.25, 0.3) is 0 Å². The summed E-state index contributed by atoms with van der Waals surface area (Å²) in [7, 11) is 3.34. The molecule has 0 saturated carbocycles. The molecule has 2 aliphatic heterocycles. The van der Waals surface area contributed by atoms with Crippen LogP contribution in [0.15, 0.2) is 24.3 Å². The Kier molecular flexibility index (Phi) is 16.0. The van der Waals surface area contributed by atoms with E-state index in [1.807, 2.05) is 24.3 Å². The molecule has 2 heterocycles.